The molecule has 0 rings (SSSR count). The van der Waals surface area contributed by atoms with Gasteiger partial charge in [-0.3, -0.25) is 4.79 Å². The van der Waals surface area contributed by atoms with Crippen LogP contribution < -0.4 is 5.32 Å². The van der Waals surface area contributed by atoms with Crippen LogP contribution in [0, 0.1) is 0 Å². The minimum atomic E-state index is -1.99. The van der Waals surface area contributed by atoms with Crippen LogP contribution in [0.1, 0.15) is 84.0 Å². The Hall–Kier alpha value is -1.71. The minimum Gasteiger partial charge on any atom is -0.341 e. The Morgan fingerprint density at radius 1 is 0.757 bits per heavy atom. The molecule has 210 valence electrons. The van der Waals surface area contributed by atoms with Crippen LogP contribution in [0.3, 0.4) is 0 Å². The van der Waals surface area contributed by atoms with E-state index in [1.807, 2.05) is 7.05 Å². The maximum absolute atomic E-state index is 12.1. The van der Waals surface area contributed by atoms with Crippen LogP contribution in [0.4, 0.5) is 0 Å². The quantitative estimate of drug-likeness (QED) is 0.0727. The number of rotatable bonds is 25. The van der Waals surface area contributed by atoms with Crippen molar-refractivity contribution in [3.63, 3.8) is 0 Å². The number of likely N-dealkylation sites (N-methyl/N-ethyl adjacent to an activating group) is 1. The van der Waals surface area contributed by atoms with Crippen LogP contribution in [0.2, 0.25) is 0 Å². The first-order valence-electron chi connectivity index (χ1n) is 14.1. The average Bonchev–Trinajstić information content (AvgIpc) is 2.90. The van der Waals surface area contributed by atoms with E-state index >= 15 is 0 Å². The predicted octanol–water partition coefficient (Wildman–Crippen LogP) is 8.76. The highest BCUT2D eigenvalue weighted by Gasteiger charge is 2.13. The molecule has 0 aromatic carbocycles. The Balaban J connectivity index is 3.69. The lowest BCUT2D eigenvalue weighted by Gasteiger charge is -2.22. The molecule has 37 heavy (non-hydrogen) atoms. The lowest BCUT2D eigenvalue weighted by molar-refractivity contribution is -0.119. The van der Waals surface area contributed by atoms with Gasteiger partial charge in [0.05, 0.1) is 6.61 Å². The van der Waals surface area contributed by atoms with Crippen molar-refractivity contribution < 1.29 is 13.8 Å². The third kappa shape index (κ3) is 25.7. The van der Waals surface area contributed by atoms with Gasteiger partial charge in [-0.2, -0.15) is 0 Å². The SMILES string of the molecule is C=P(CCCCCC(=O)CC/C=C\C/C=C\C/C=C\C/C=C\C/C=C\C/C=C\CC)(OC)OCCNC. The number of carbonyl (C=O) groups is 1. The molecule has 1 N–H and O–H groups in total. The second-order valence-electron chi connectivity index (χ2n) is 8.96. The lowest BCUT2D eigenvalue weighted by Crippen LogP contribution is -2.14. The fraction of sp³-hybridized carbons (Fsp3) is 0.562. The number of ketones is 1. The molecule has 0 bridgehead atoms. The highest BCUT2D eigenvalue weighted by molar-refractivity contribution is 7.64. The smallest absolute Gasteiger partial charge is 0.133 e. The molecule has 4 nitrogen and oxygen atoms in total. The first-order valence-corrected chi connectivity index (χ1v) is 16.1. The van der Waals surface area contributed by atoms with E-state index in [9.17, 15) is 4.79 Å². The molecule has 0 saturated heterocycles. The number of unbranched alkanes of at least 4 members (excludes halogenated alkanes) is 2. The van der Waals surface area contributed by atoms with Gasteiger partial charge in [0.15, 0.2) is 0 Å². The first-order chi connectivity index (χ1) is 18.1. The van der Waals surface area contributed by atoms with Crippen LogP contribution in [0.5, 0.6) is 0 Å². The summed E-state index contributed by atoms with van der Waals surface area (Å²) in [4.78, 5) is 12.1. The fourth-order valence-corrected chi connectivity index (χ4v) is 4.93. The number of hydrogen-bond donors (Lipinski definition) is 1. The monoisotopic (exact) mass is 531 g/mol. The van der Waals surface area contributed by atoms with E-state index in [1.54, 1.807) is 7.11 Å². The number of hydrogen-bond acceptors (Lipinski definition) is 4. The van der Waals surface area contributed by atoms with Gasteiger partial charge >= 0.3 is 0 Å². The zero-order valence-corrected chi connectivity index (χ0v) is 24.8. The first kappa shape index (κ1) is 35.3. The van der Waals surface area contributed by atoms with E-state index < -0.39 is 7.34 Å². The Morgan fingerprint density at radius 2 is 1.27 bits per heavy atom. The summed E-state index contributed by atoms with van der Waals surface area (Å²) in [7, 11) is 1.59. The van der Waals surface area contributed by atoms with Gasteiger partial charge in [-0.05, 0) is 64.8 Å². The van der Waals surface area contributed by atoms with Crippen LogP contribution >= 0.6 is 7.34 Å². The fourth-order valence-electron chi connectivity index (χ4n) is 3.38. The number of nitrogens with one attached hydrogen (secondary N) is 1. The summed E-state index contributed by atoms with van der Waals surface area (Å²) in [6, 6.07) is 0. The molecule has 1 unspecified atom stereocenters. The van der Waals surface area contributed by atoms with Gasteiger partial charge in [-0.25, -0.2) is 0 Å². The van der Waals surface area contributed by atoms with Crippen LogP contribution in [-0.2, 0) is 13.8 Å². The van der Waals surface area contributed by atoms with E-state index in [1.165, 1.54) is 0 Å². The lowest BCUT2D eigenvalue weighted by atomic mass is 10.1. The van der Waals surface area contributed by atoms with Crippen molar-refractivity contribution in [3.8, 4) is 0 Å². The molecule has 0 aliphatic rings. The van der Waals surface area contributed by atoms with Crippen molar-refractivity contribution in [1.29, 1.82) is 0 Å². The van der Waals surface area contributed by atoms with Crippen LogP contribution in [0.25, 0.3) is 0 Å². The van der Waals surface area contributed by atoms with E-state index in [2.05, 4.69) is 91.5 Å². The summed E-state index contributed by atoms with van der Waals surface area (Å²) in [5.41, 5.74) is 0. The van der Waals surface area contributed by atoms with Crippen molar-refractivity contribution in [3.05, 3.63) is 72.9 Å². The summed E-state index contributed by atoms with van der Waals surface area (Å²) < 4.78 is 11.3. The molecule has 5 heteroatoms. The molecular formula is C32H54NO3P. The largest absolute Gasteiger partial charge is 0.341 e. The Labute approximate surface area is 228 Å². The Morgan fingerprint density at radius 3 is 1.76 bits per heavy atom. The van der Waals surface area contributed by atoms with Gasteiger partial charge in [0.2, 0.25) is 0 Å². The molecule has 0 amide bonds. The van der Waals surface area contributed by atoms with Crippen LogP contribution in [0.15, 0.2) is 72.9 Å². The van der Waals surface area contributed by atoms with Crippen molar-refractivity contribution >= 4 is 19.4 Å². The van der Waals surface area contributed by atoms with Gasteiger partial charge < -0.3 is 14.4 Å². The van der Waals surface area contributed by atoms with Gasteiger partial charge in [0, 0.05) is 32.7 Å². The third-order valence-corrected chi connectivity index (χ3v) is 7.97. The maximum Gasteiger partial charge on any atom is 0.133 e. The average molecular weight is 532 g/mol. The molecule has 0 aromatic rings. The van der Waals surface area contributed by atoms with Gasteiger partial charge in [0.1, 0.15) is 13.1 Å². The van der Waals surface area contributed by atoms with Gasteiger partial charge in [0.25, 0.3) is 0 Å². The topological polar surface area (TPSA) is 47.6 Å². The highest BCUT2D eigenvalue weighted by atomic mass is 31.2. The summed E-state index contributed by atoms with van der Waals surface area (Å²) in [5, 5.41) is 3.06. The summed E-state index contributed by atoms with van der Waals surface area (Å²) in [6.45, 7) is 3.57. The summed E-state index contributed by atoms with van der Waals surface area (Å²) in [6.07, 6.45) is 42.5. The minimum absolute atomic E-state index is 0.354. The predicted molar refractivity (Wildman–Crippen MR) is 167 cm³/mol. The van der Waals surface area contributed by atoms with E-state index in [0.717, 1.165) is 76.9 Å². The number of carbonyl (C=O) groups excluding carboxylic acids is 1. The molecule has 0 fully saturated rings. The zero-order chi connectivity index (χ0) is 27.3. The number of allylic oxidation sites excluding steroid dienone is 12. The van der Waals surface area contributed by atoms with Crippen molar-refractivity contribution in [2.45, 2.75) is 84.0 Å². The van der Waals surface area contributed by atoms with Crippen molar-refractivity contribution in [1.82, 2.24) is 5.32 Å². The molecule has 1 atom stereocenters. The molecule has 0 aliphatic carbocycles. The third-order valence-electron chi connectivity index (χ3n) is 5.65. The van der Waals surface area contributed by atoms with Crippen molar-refractivity contribution in [2.24, 2.45) is 0 Å². The molecule has 0 saturated carbocycles. The van der Waals surface area contributed by atoms with Crippen LogP contribution in [-0.4, -0.2) is 45.6 Å². The normalized spacial score (nSPS) is 14.5. The molecule has 0 aliphatic heterocycles. The van der Waals surface area contributed by atoms with E-state index in [0.29, 0.717) is 25.2 Å². The Bertz CT molecular complexity index is 762. The number of Topliss-reactive ketones (excluding diaryl/α,β-unsaturated/α-hetero) is 1. The molecule has 0 heterocycles. The molecular weight excluding hydrogens is 477 g/mol. The molecule has 0 radical (unpaired) electrons. The molecule has 0 aromatic heterocycles. The zero-order valence-electron chi connectivity index (χ0n) is 23.9. The van der Waals surface area contributed by atoms with E-state index in [4.69, 9.17) is 9.05 Å². The molecule has 0 spiro atoms. The van der Waals surface area contributed by atoms with Crippen molar-refractivity contribution in [2.75, 3.05) is 33.5 Å². The van der Waals surface area contributed by atoms with Gasteiger partial charge in [-0.1, -0.05) is 92.6 Å². The highest BCUT2D eigenvalue weighted by Crippen LogP contribution is 2.47. The second-order valence-corrected chi connectivity index (χ2v) is 11.7. The second kappa shape index (κ2) is 27.3. The summed E-state index contributed by atoms with van der Waals surface area (Å²) >= 11 is 0. The van der Waals surface area contributed by atoms with Gasteiger partial charge in [-0.15, -0.1) is 0 Å². The Kier molecular flexibility index (Phi) is 26.1. The summed E-state index contributed by atoms with van der Waals surface area (Å²) in [5.74, 6) is 0.354. The van der Waals surface area contributed by atoms with E-state index in [-0.39, 0.29) is 0 Å². The maximum atomic E-state index is 12.1. The standard InChI is InChI=1S/C32H54NO3P/c1-5-6-7-8-9-10-11-12-13-14-15-16-17-18-19-20-21-22-24-27-32(34)28-25-23-26-31-37(4,35-3)36-30-29-33-2/h6-7,9-10,12-13,15-16,18-19,21-22,33H,4-5,8,11,14,17,20,23-31H2,1-3H3/b7-6-,10-9-,13-12-,16-15-,19-18-,22-21-.